The van der Waals surface area contributed by atoms with Gasteiger partial charge in [0.05, 0.1) is 0 Å². The molecular formula is C13H19ClN2O. The highest BCUT2D eigenvalue weighted by Crippen LogP contribution is 2.13. The fourth-order valence-electron chi connectivity index (χ4n) is 2.16. The van der Waals surface area contributed by atoms with E-state index in [0.29, 0.717) is 6.54 Å². The second kappa shape index (κ2) is 6.03. The number of nitrogens with zero attached hydrogens (tertiary/aromatic N) is 1. The lowest BCUT2D eigenvalue weighted by molar-refractivity contribution is 0.0708. The molecule has 2 N–H and O–H groups in total. The number of hydrogen-bond donors (Lipinski definition) is 1. The Balaban J connectivity index is 0.00000144. The van der Waals surface area contributed by atoms with Crippen LogP contribution in [0.1, 0.15) is 28.8 Å². The number of hydrogen-bond acceptors (Lipinski definition) is 2. The molecule has 1 heterocycles. The number of rotatable bonds is 1. The minimum Gasteiger partial charge on any atom is -0.337 e. The van der Waals surface area contributed by atoms with Gasteiger partial charge in [0.2, 0.25) is 0 Å². The van der Waals surface area contributed by atoms with Crippen molar-refractivity contribution in [3.8, 4) is 0 Å². The zero-order chi connectivity index (χ0) is 11.5. The van der Waals surface area contributed by atoms with Gasteiger partial charge in [0.1, 0.15) is 0 Å². The number of halogens is 1. The maximum absolute atomic E-state index is 12.2. The zero-order valence-electron chi connectivity index (χ0n) is 10.1. The predicted octanol–water partition coefficient (Wildman–Crippen LogP) is 1.98. The first-order valence-electron chi connectivity index (χ1n) is 5.78. The summed E-state index contributed by atoms with van der Waals surface area (Å²) in [6.07, 6.45) is 2.04. The summed E-state index contributed by atoms with van der Waals surface area (Å²) in [5.74, 6) is 0.110. The van der Waals surface area contributed by atoms with Crippen LogP contribution in [0.4, 0.5) is 0 Å². The van der Waals surface area contributed by atoms with E-state index in [1.807, 2.05) is 36.1 Å². The van der Waals surface area contributed by atoms with E-state index in [1.165, 1.54) is 0 Å². The van der Waals surface area contributed by atoms with Crippen LogP contribution in [0, 0.1) is 6.92 Å². The molecule has 4 heteroatoms. The van der Waals surface area contributed by atoms with Gasteiger partial charge in [-0.15, -0.1) is 12.4 Å². The average molecular weight is 255 g/mol. The number of likely N-dealkylation sites (tertiary alicyclic amines) is 1. The Morgan fingerprint density at radius 2 is 2.24 bits per heavy atom. The number of nitrogens with two attached hydrogens (primary N) is 1. The van der Waals surface area contributed by atoms with Gasteiger partial charge in [0.25, 0.3) is 5.91 Å². The summed E-state index contributed by atoms with van der Waals surface area (Å²) in [7, 11) is 0. The van der Waals surface area contributed by atoms with Gasteiger partial charge in [-0.2, -0.15) is 0 Å². The summed E-state index contributed by atoms with van der Waals surface area (Å²) in [6.45, 7) is 3.52. The third-order valence-corrected chi connectivity index (χ3v) is 3.01. The number of carbonyl (C=O) groups is 1. The Labute approximate surface area is 108 Å². The van der Waals surface area contributed by atoms with Gasteiger partial charge in [-0.25, -0.2) is 0 Å². The maximum atomic E-state index is 12.2. The van der Waals surface area contributed by atoms with Crippen molar-refractivity contribution < 1.29 is 4.79 Å². The van der Waals surface area contributed by atoms with Crippen molar-refractivity contribution in [1.82, 2.24) is 4.90 Å². The Kier molecular flexibility index (Phi) is 4.97. The molecule has 0 saturated carbocycles. The van der Waals surface area contributed by atoms with Crippen LogP contribution >= 0.6 is 12.4 Å². The van der Waals surface area contributed by atoms with Crippen molar-refractivity contribution in [2.75, 3.05) is 13.1 Å². The fraction of sp³-hybridized carbons (Fsp3) is 0.462. The molecule has 1 atom stereocenters. The number of amides is 1. The molecule has 0 aromatic heterocycles. The molecule has 0 unspecified atom stereocenters. The van der Waals surface area contributed by atoms with E-state index in [1.54, 1.807) is 0 Å². The van der Waals surface area contributed by atoms with Gasteiger partial charge < -0.3 is 10.6 Å². The molecule has 94 valence electrons. The predicted molar refractivity (Wildman–Crippen MR) is 71.5 cm³/mol. The first-order chi connectivity index (χ1) is 7.66. The van der Waals surface area contributed by atoms with Crippen LogP contribution in [0.25, 0.3) is 0 Å². The quantitative estimate of drug-likeness (QED) is 0.833. The van der Waals surface area contributed by atoms with Crippen molar-refractivity contribution in [3.05, 3.63) is 35.4 Å². The fourth-order valence-corrected chi connectivity index (χ4v) is 2.16. The molecule has 1 aromatic carbocycles. The molecule has 0 aliphatic carbocycles. The SMILES string of the molecule is Cc1cccc(C(=O)N2CCC[C@@H](N)C2)c1.Cl. The van der Waals surface area contributed by atoms with Crippen LogP contribution in [0.15, 0.2) is 24.3 Å². The Morgan fingerprint density at radius 1 is 1.47 bits per heavy atom. The highest BCUT2D eigenvalue weighted by molar-refractivity contribution is 5.94. The summed E-state index contributed by atoms with van der Waals surface area (Å²) >= 11 is 0. The highest BCUT2D eigenvalue weighted by atomic mass is 35.5. The third kappa shape index (κ3) is 3.45. The summed E-state index contributed by atoms with van der Waals surface area (Å²) < 4.78 is 0. The minimum atomic E-state index is 0. The molecule has 1 saturated heterocycles. The van der Waals surface area contributed by atoms with Crippen LogP contribution in [0.2, 0.25) is 0 Å². The molecule has 1 amide bonds. The molecular weight excluding hydrogens is 236 g/mol. The number of piperidine rings is 1. The third-order valence-electron chi connectivity index (χ3n) is 3.01. The van der Waals surface area contributed by atoms with Crippen LogP contribution in [0.5, 0.6) is 0 Å². The molecule has 1 aliphatic heterocycles. The molecule has 17 heavy (non-hydrogen) atoms. The summed E-state index contributed by atoms with van der Waals surface area (Å²) in [6, 6.07) is 7.87. The summed E-state index contributed by atoms with van der Waals surface area (Å²) in [5.41, 5.74) is 7.77. The molecule has 2 rings (SSSR count). The van der Waals surface area contributed by atoms with Crippen molar-refractivity contribution in [2.24, 2.45) is 5.73 Å². The summed E-state index contributed by atoms with van der Waals surface area (Å²) in [5, 5.41) is 0. The van der Waals surface area contributed by atoms with Crippen LogP contribution in [0.3, 0.4) is 0 Å². The van der Waals surface area contributed by atoms with E-state index in [0.717, 1.165) is 30.5 Å². The second-order valence-electron chi connectivity index (χ2n) is 4.52. The molecule has 0 radical (unpaired) electrons. The van der Waals surface area contributed by atoms with Crippen molar-refractivity contribution in [1.29, 1.82) is 0 Å². The Morgan fingerprint density at radius 3 is 2.88 bits per heavy atom. The lowest BCUT2D eigenvalue weighted by atomic mass is 10.0. The average Bonchev–Trinajstić information content (AvgIpc) is 2.28. The van der Waals surface area contributed by atoms with E-state index in [-0.39, 0.29) is 24.4 Å². The lowest BCUT2D eigenvalue weighted by Gasteiger charge is -2.30. The number of benzene rings is 1. The van der Waals surface area contributed by atoms with E-state index in [4.69, 9.17) is 5.73 Å². The second-order valence-corrected chi connectivity index (χ2v) is 4.52. The van der Waals surface area contributed by atoms with E-state index in [2.05, 4.69) is 0 Å². The van der Waals surface area contributed by atoms with E-state index < -0.39 is 0 Å². The van der Waals surface area contributed by atoms with Crippen LogP contribution < -0.4 is 5.73 Å². The van der Waals surface area contributed by atoms with Crippen LogP contribution in [-0.4, -0.2) is 29.9 Å². The molecule has 0 bridgehead atoms. The summed E-state index contributed by atoms with van der Waals surface area (Å²) in [4.78, 5) is 14.0. The minimum absolute atomic E-state index is 0. The maximum Gasteiger partial charge on any atom is 0.253 e. The van der Waals surface area contributed by atoms with Gasteiger partial charge in [-0.05, 0) is 31.9 Å². The van der Waals surface area contributed by atoms with Crippen molar-refractivity contribution in [2.45, 2.75) is 25.8 Å². The highest BCUT2D eigenvalue weighted by Gasteiger charge is 2.21. The topological polar surface area (TPSA) is 46.3 Å². The molecule has 1 aliphatic rings. The molecule has 1 fully saturated rings. The Bertz CT molecular complexity index is 395. The molecule has 1 aromatic rings. The van der Waals surface area contributed by atoms with Gasteiger partial charge in [0.15, 0.2) is 0 Å². The smallest absolute Gasteiger partial charge is 0.253 e. The molecule has 0 spiro atoms. The molecule has 3 nitrogen and oxygen atoms in total. The first-order valence-corrected chi connectivity index (χ1v) is 5.78. The van der Waals surface area contributed by atoms with Gasteiger partial charge in [-0.3, -0.25) is 4.79 Å². The van der Waals surface area contributed by atoms with Gasteiger partial charge >= 0.3 is 0 Å². The van der Waals surface area contributed by atoms with E-state index in [9.17, 15) is 4.79 Å². The monoisotopic (exact) mass is 254 g/mol. The normalized spacial score (nSPS) is 19.6. The van der Waals surface area contributed by atoms with Crippen molar-refractivity contribution >= 4 is 18.3 Å². The van der Waals surface area contributed by atoms with Crippen molar-refractivity contribution in [3.63, 3.8) is 0 Å². The standard InChI is InChI=1S/C13H18N2O.ClH/c1-10-4-2-5-11(8-10)13(16)15-7-3-6-12(14)9-15;/h2,4-5,8,12H,3,6-7,9,14H2,1H3;1H/t12-;/m1./s1. The van der Waals surface area contributed by atoms with Gasteiger partial charge in [-0.1, -0.05) is 17.7 Å². The number of carbonyl (C=O) groups excluding carboxylic acids is 1. The number of aryl methyl sites for hydroxylation is 1. The largest absolute Gasteiger partial charge is 0.337 e. The zero-order valence-corrected chi connectivity index (χ0v) is 10.9. The lowest BCUT2D eigenvalue weighted by Crippen LogP contribution is -2.45. The van der Waals surface area contributed by atoms with Gasteiger partial charge in [0, 0.05) is 24.7 Å². The van der Waals surface area contributed by atoms with E-state index >= 15 is 0 Å². The Hall–Kier alpha value is -1.06. The first kappa shape index (κ1) is 14.0. The van der Waals surface area contributed by atoms with Crippen LogP contribution in [-0.2, 0) is 0 Å².